The summed E-state index contributed by atoms with van der Waals surface area (Å²) in [5.74, 6) is -0.112. The van der Waals surface area contributed by atoms with E-state index < -0.39 is 0 Å². The third kappa shape index (κ3) is 5.36. The van der Waals surface area contributed by atoms with Crippen molar-refractivity contribution >= 4 is 12.0 Å². The molecule has 3 nitrogen and oxygen atoms in total. The maximum Gasteiger partial charge on any atom is 0.251 e. The Morgan fingerprint density at radius 2 is 1.90 bits per heavy atom. The van der Waals surface area contributed by atoms with Gasteiger partial charge in [0.25, 0.3) is 5.91 Å². The zero-order valence-corrected chi connectivity index (χ0v) is 12.1. The van der Waals surface area contributed by atoms with E-state index in [0.717, 1.165) is 5.56 Å². The molecule has 0 saturated heterocycles. The van der Waals surface area contributed by atoms with Crippen molar-refractivity contribution in [1.29, 1.82) is 0 Å². The fraction of sp³-hybridized carbons (Fsp3) is 0.312. The molecule has 0 aliphatic rings. The summed E-state index contributed by atoms with van der Waals surface area (Å²) in [7, 11) is 0. The lowest BCUT2D eigenvalue weighted by Crippen LogP contribution is -2.40. The second kappa shape index (κ2) is 7.01. The summed E-state index contributed by atoms with van der Waals surface area (Å²) in [6.07, 6.45) is 3.86. The second-order valence-corrected chi connectivity index (χ2v) is 5.55. The average Bonchev–Trinajstić information content (AvgIpc) is 2.38. The van der Waals surface area contributed by atoms with Gasteiger partial charge in [0.05, 0.1) is 6.33 Å². The molecule has 0 radical (unpaired) electrons. The van der Waals surface area contributed by atoms with Gasteiger partial charge in [-0.3, -0.25) is 4.79 Å². The number of benzene rings is 1. The first kappa shape index (κ1) is 16.1. The highest BCUT2D eigenvalue weighted by molar-refractivity contribution is 5.94. The Bertz CT molecular complexity index is 510. The largest absolute Gasteiger partial charge is 0.347 e. The monoisotopic (exact) mass is 276 g/mol. The zero-order valence-electron chi connectivity index (χ0n) is 12.1. The molecule has 1 aromatic rings. The van der Waals surface area contributed by atoms with Gasteiger partial charge in [-0.1, -0.05) is 24.3 Å². The number of rotatable bonds is 4. The summed E-state index contributed by atoms with van der Waals surface area (Å²) in [6, 6.07) is 7.09. The van der Waals surface area contributed by atoms with Gasteiger partial charge in [-0.05, 0) is 44.0 Å². The van der Waals surface area contributed by atoms with Crippen molar-refractivity contribution < 1.29 is 9.18 Å². The van der Waals surface area contributed by atoms with Crippen molar-refractivity contribution in [3.63, 3.8) is 0 Å². The van der Waals surface area contributed by atoms with E-state index in [4.69, 9.17) is 5.73 Å². The highest BCUT2D eigenvalue weighted by Crippen LogP contribution is 2.09. The van der Waals surface area contributed by atoms with Crippen LogP contribution in [0.5, 0.6) is 0 Å². The lowest BCUT2D eigenvalue weighted by molar-refractivity contribution is 0.0919. The third-order valence-corrected chi connectivity index (χ3v) is 2.53. The number of carbonyl (C=O) groups is 1. The standard InChI is InChI=1S/C16H21FN2O/c1-16(2,3)19-15(20)14-8-6-12(7-9-14)4-5-13(10-17)11-18/h4-10H,11,18H2,1-3H3,(H,19,20)/b5-4-,13-10-. The molecule has 1 aromatic carbocycles. The molecule has 0 unspecified atom stereocenters. The highest BCUT2D eigenvalue weighted by atomic mass is 19.1. The van der Waals surface area contributed by atoms with E-state index in [-0.39, 0.29) is 18.0 Å². The minimum Gasteiger partial charge on any atom is -0.347 e. The number of carbonyl (C=O) groups excluding carboxylic acids is 1. The van der Waals surface area contributed by atoms with E-state index in [1.54, 1.807) is 36.4 Å². The van der Waals surface area contributed by atoms with Crippen LogP contribution >= 0.6 is 0 Å². The number of nitrogens with two attached hydrogens (primary N) is 1. The SMILES string of the molecule is CC(C)(C)NC(=O)c1ccc(/C=C\C(=C\F)CN)cc1. The summed E-state index contributed by atoms with van der Waals surface area (Å²) >= 11 is 0. The molecule has 0 fully saturated rings. The Morgan fingerprint density at radius 1 is 1.30 bits per heavy atom. The molecule has 0 aliphatic heterocycles. The molecule has 0 atom stereocenters. The molecule has 0 saturated carbocycles. The predicted molar refractivity (Wildman–Crippen MR) is 80.9 cm³/mol. The Hall–Kier alpha value is -1.94. The van der Waals surface area contributed by atoms with Crippen LogP contribution in [0.15, 0.2) is 42.2 Å². The summed E-state index contributed by atoms with van der Waals surface area (Å²) in [5, 5.41) is 2.89. The minimum atomic E-state index is -0.266. The van der Waals surface area contributed by atoms with Crippen molar-refractivity contribution in [2.24, 2.45) is 5.73 Å². The molecule has 1 amide bonds. The van der Waals surface area contributed by atoms with Gasteiger partial charge in [0, 0.05) is 17.6 Å². The lowest BCUT2D eigenvalue weighted by atomic mass is 10.1. The van der Waals surface area contributed by atoms with Gasteiger partial charge < -0.3 is 11.1 Å². The molecule has 0 spiro atoms. The lowest BCUT2D eigenvalue weighted by Gasteiger charge is -2.20. The van der Waals surface area contributed by atoms with Gasteiger partial charge in [-0.25, -0.2) is 4.39 Å². The number of hydrogen-bond donors (Lipinski definition) is 2. The van der Waals surface area contributed by atoms with E-state index in [9.17, 15) is 9.18 Å². The zero-order chi connectivity index (χ0) is 15.2. The van der Waals surface area contributed by atoms with Crippen LogP contribution in [0.4, 0.5) is 4.39 Å². The number of halogens is 1. The Balaban J connectivity index is 2.77. The first-order chi connectivity index (χ1) is 9.35. The molecule has 0 aromatic heterocycles. The van der Waals surface area contributed by atoms with Crippen LogP contribution < -0.4 is 11.1 Å². The molecule has 0 heterocycles. The first-order valence-electron chi connectivity index (χ1n) is 6.45. The Morgan fingerprint density at radius 3 is 2.35 bits per heavy atom. The summed E-state index contributed by atoms with van der Waals surface area (Å²) in [5.41, 5.74) is 6.98. The molecular formula is C16H21FN2O. The summed E-state index contributed by atoms with van der Waals surface area (Å²) in [4.78, 5) is 11.9. The quantitative estimate of drug-likeness (QED) is 0.830. The predicted octanol–water partition coefficient (Wildman–Crippen LogP) is 3.04. The molecule has 0 aliphatic carbocycles. The van der Waals surface area contributed by atoms with E-state index in [0.29, 0.717) is 17.5 Å². The Kier molecular flexibility index (Phi) is 5.65. The van der Waals surface area contributed by atoms with Crippen molar-refractivity contribution in [2.45, 2.75) is 26.3 Å². The fourth-order valence-electron chi connectivity index (χ4n) is 1.51. The van der Waals surface area contributed by atoms with Crippen LogP contribution in [-0.4, -0.2) is 18.0 Å². The number of hydrogen-bond acceptors (Lipinski definition) is 2. The fourth-order valence-corrected chi connectivity index (χ4v) is 1.51. The van der Waals surface area contributed by atoms with E-state index in [1.165, 1.54) is 0 Å². The van der Waals surface area contributed by atoms with Crippen molar-refractivity contribution in [3.8, 4) is 0 Å². The van der Waals surface area contributed by atoms with E-state index in [1.807, 2.05) is 20.8 Å². The van der Waals surface area contributed by atoms with E-state index >= 15 is 0 Å². The third-order valence-electron chi connectivity index (χ3n) is 2.53. The molecule has 3 N–H and O–H groups in total. The van der Waals surface area contributed by atoms with Crippen molar-refractivity contribution in [1.82, 2.24) is 5.32 Å². The maximum atomic E-state index is 12.3. The van der Waals surface area contributed by atoms with Gasteiger partial charge >= 0.3 is 0 Å². The van der Waals surface area contributed by atoms with Gasteiger partial charge in [-0.2, -0.15) is 0 Å². The molecule has 0 bridgehead atoms. The molecule has 20 heavy (non-hydrogen) atoms. The number of nitrogens with one attached hydrogen (secondary N) is 1. The van der Waals surface area contributed by atoms with Crippen LogP contribution in [0, 0.1) is 0 Å². The van der Waals surface area contributed by atoms with Crippen LogP contribution in [0.1, 0.15) is 36.7 Å². The molecular weight excluding hydrogens is 255 g/mol. The van der Waals surface area contributed by atoms with Crippen LogP contribution in [0.2, 0.25) is 0 Å². The smallest absolute Gasteiger partial charge is 0.251 e. The number of amides is 1. The maximum absolute atomic E-state index is 12.3. The van der Waals surface area contributed by atoms with Crippen molar-refractivity contribution in [2.75, 3.05) is 6.54 Å². The first-order valence-corrected chi connectivity index (χ1v) is 6.45. The normalized spacial score (nSPS) is 12.8. The van der Waals surface area contributed by atoms with Crippen LogP contribution in [-0.2, 0) is 0 Å². The van der Waals surface area contributed by atoms with Crippen LogP contribution in [0.3, 0.4) is 0 Å². The van der Waals surface area contributed by atoms with Gasteiger partial charge in [0.1, 0.15) is 0 Å². The molecule has 108 valence electrons. The second-order valence-electron chi connectivity index (χ2n) is 5.55. The Labute approximate surface area is 119 Å². The van der Waals surface area contributed by atoms with E-state index in [2.05, 4.69) is 5.32 Å². The summed E-state index contributed by atoms with van der Waals surface area (Å²) in [6.45, 7) is 5.94. The van der Waals surface area contributed by atoms with Gasteiger partial charge in [-0.15, -0.1) is 0 Å². The minimum absolute atomic E-state index is 0.112. The van der Waals surface area contributed by atoms with Gasteiger partial charge in [0.2, 0.25) is 0 Å². The van der Waals surface area contributed by atoms with Crippen molar-refractivity contribution in [3.05, 3.63) is 53.4 Å². The summed E-state index contributed by atoms with van der Waals surface area (Å²) < 4.78 is 12.3. The topological polar surface area (TPSA) is 55.1 Å². The van der Waals surface area contributed by atoms with Crippen LogP contribution in [0.25, 0.3) is 6.08 Å². The highest BCUT2D eigenvalue weighted by Gasteiger charge is 2.14. The molecule has 1 rings (SSSR count). The van der Waals surface area contributed by atoms with Gasteiger partial charge in [0.15, 0.2) is 0 Å². The molecule has 4 heteroatoms. The average molecular weight is 276 g/mol.